The minimum absolute atomic E-state index is 0.0000246. The summed E-state index contributed by atoms with van der Waals surface area (Å²) in [6.45, 7) is 0.519. The van der Waals surface area contributed by atoms with Crippen LogP contribution in [0.15, 0.2) is 40.3 Å². The molecule has 5 nitrogen and oxygen atoms in total. The second-order valence-corrected chi connectivity index (χ2v) is 7.76. The fourth-order valence-electron chi connectivity index (χ4n) is 3.92. The minimum atomic E-state index is -0.534. The maximum atomic E-state index is 13.3. The van der Waals surface area contributed by atoms with E-state index in [1.165, 1.54) is 17.8 Å². The van der Waals surface area contributed by atoms with Gasteiger partial charge in [-0.1, -0.05) is 25.3 Å². The van der Waals surface area contributed by atoms with E-state index in [1.807, 2.05) is 28.5 Å². The van der Waals surface area contributed by atoms with Crippen molar-refractivity contribution in [2.45, 2.75) is 50.7 Å². The Kier molecular flexibility index (Phi) is 4.61. The van der Waals surface area contributed by atoms with Gasteiger partial charge in [-0.3, -0.25) is 9.59 Å². The Morgan fingerprint density at radius 2 is 1.96 bits per heavy atom. The first-order valence-electron chi connectivity index (χ1n) is 8.90. The predicted molar refractivity (Wildman–Crippen MR) is 94.9 cm³/mol. The highest BCUT2D eigenvalue weighted by atomic mass is 32.1. The first-order valence-corrected chi connectivity index (χ1v) is 9.78. The monoisotopic (exact) mass is 358 g/mol. The molecule has 6 heteroatoms. The van der Waals surface area contributed by atoms with E-state index in [2.05, 4.69) is 0 Å². The average Bonchev–Trinajstić information content (AvgIpc) is 3.33. The van der Waals surface area contributed by atoms with Crippen LogP contribution in [0.25, 0.3) is 0 Å². The SMILES string of the molecule is O=C1[C@@H](c2cccs2)N(Cc2ccco2)C(=O)CN1C1CCCCC1. The van der Waals surface area contributed by atoms with E-state index in [0.717, 1.165) is 30.6 Å². The highest BCUT2D eigenvalue weighted by molar-refractivity contribution is 7.10. The zero-order valence-electron chi connectivity index (χ0n) is 14.1. The lowest BCUT2D eigenvalue weighted by Gasteiger charge is -2.43. The number of piperazine rings is 1. The number of rotatable bonds is 4. The summed E-state index contributed by atoms with van der Waals surface area (Å²) in [5.74, 6) is 0.759. The average molecular weight is 358 g/mol. The van der Waals surface area contributed by atoms with Crippen LogP contribution in [0.1, 0.15) is 48.8 Å². The molecule has 1 aliphatic heterocycles. The summed E-state index contributed by atoms with van der Waals surface area (Å²) in [6, 6.07) is 7.20. The molecular weight excluding hydrogens is 336 g/mol. The number of furan rings is 1. The van der Waals surface area contributed by atoms with Gasteiger partial charge in [0.05, 0.1) is 12.8 Å². The van der Waals surface area contributed by atoms with Crippen LogP contribution in [-0.4, -0.2) is 34.2 Å². The summed E-state index contributed by atoms with van der Waals surface area (Å²) in [5, 5.41) is 1.96. The molecule has 0 spiro atoms. The Morgan fingerprint density at radius 1 is 1.12 bits per heavy atom. The van der Waals surface area contributed by atoms with Crippen LogP contribution in [0.2, 0.25) is 0 Å². The maximum Gasteiger partial charge on any atom is 0.251 e. The highest BCUT2D eigenvalue weighted by Gasteiger charge is 2.43. The van der Waals surface area contributed by atoms with Crippen LogP contribution in [0, 0.1) is 0 Å². The number of thiophene rings is 1. The van der Waals surface area contributed by atoms with Gasteiger partial charge in [-0.15, -0.1) is 11.3 Å². The Balaban J connectivity index is 1.63. The van der Waals surface area contributed by atoms with Crippen LogP contribution in [0.4, 0.5) is 0 Å². The van der Waals surface area contributed by atoms with Gasteiger partial charge in [0, 0.05) is 10.9 Å². The molecular formula is C19H22N2O3S. The number of carbonyl (C=O) groups excluding carboxylic acids is 2. The fraction of sp³-hybridized carbons (Fsp3) is 0.474. The summed E-state index contributed by atoms with van der Waals surface area (Å²) in [6.07, 6.45) is 7.12. The first kappa shape index (κ1) is 16.4. The van der Waals surface area contributed by atoms with Crippen molar-refractivity contribution in [3.8, 4) is 0 Å². The number of nitrogens with zero attached hydrogens (tertiary/aromatic N) is 2. The summed E-state index contributed by atoms with van der Waals surface area (Å²) in [7, 11) is 0. The molecule has 2 aromatic rings. The smallest absolute Gasteiger partial charge is 0.251 e. The van der Waals surface area contributed by atoms with Gasteiger partial charge < -0.3 is 14.2 Å². The molecule has 132 valence electrons. The van der Waals surface area contributed by atoms with Crippen molar-refractivity contribution in [3.63, 3.8) is 0 Å². The zero-order valence-corrected chi connectivity index (χ0v) is 14.9. The van der Waals surface area contributed by atoms with Crippen molar-refractivity contribution < 1.29 is 14.0 Å². The maximum absolute atomic E-state index is 13.3. The van der Waals surface area contributed by atoms with Gasteiger partial charge in [0.1, 0.15) is 18.3 Å². The molecule has 2 fully saturated rings. The van der Waals surface area contributed by atoms with E-state index >= 15 is 0 Å². The molecule has 0 aromatic carbocycles. The van der Waals surface area contributed by atoms with E-state index in [4.69, 9.17) is 4.42 Å². The lowest BCUT2D eigenvalue weighted by atomic mass is 9.92. The molecule has 1 atom stereocenters. The molecule has 2 amide bonds. The molecule has 0 bridgehead atoms. The number of carbonyl (C=O) groups is 2. The quantitative estimate of drug-likeness (QED) is 0.839. The molecule has 1 saturated heterocycles. The molecule has 1 aliphatic carbocycles. The first-order chi connectivity index (χ1) is 12.2. The third kappa shape index (κ3) is 3.23. The van der Waals surface area contributed by atoms with Crippen molar-refractivity contribution in [1.82, 2.24) is 9.80 Å². The van der Waals surface area contributed by atoms with Gasteiger partial charge >= 0.3 is 0 Å². The van der Waals surface area contributed by atoms with Crippen molar-refractivity contribution in [2.24, 2.45) is 0 Å². The number of hydrogen-bond donors (Lipinski definition) is 0. The summed E-state index contributed by atoms with van der Waals surface area (Å²) >= 11 is 1.53. The van der Waals surface area contributed by atoms with Crippen LogP contribution < -0.4 is 0 Å². The van der Waals surface area contributed by atoms with E-state index in [-0.39, 0.29) is 24.4 Å². The lowest BCUT2D eigenvalue weighted by Crippen LogP contribution is -2.58. The minimum Gasteiger partial charge on any atom is -0.467 e. The molecule has 25 heavy (non-hydrogen) atoms. The second kappa shape index (κ2) is 7.04. The molecule has 1 saturated carbocycles. The number of amides is 2. The van der Waals surface area contributed by atoms with Crippen molar-refractivity contribution >= 4 is 23.2 Å². The lowest BCUT2D eigenvalue weighted by molar-refractivity contribution is -0.160. The van der Waals surface area contributed by atoms with Crippen molar-refractivity contribution in [1.29, 1.82) is 0 Å². The van der Waals surface area contributed by atoms with Crippen LogP contribution in [0.5, 0.6) is 0 Å². The largest absolute Gasteiger partial charge is 0.467 e. The summed E-state index contributed by atoms with van der Waals surface area (Å²) in [5.41, 5.74) is 0. The van der Waals surface area contributed by atoms with Crippen molar-refractivity contribution in [2.75, 3.05) is 6.54 Å². The summed E-state index contributed by atoms with van der Waals surface area (Å²) < 4.78 is 5.41. The van der Waals surface area contributed by atoms with Crippen LogP contribution in [0.3, 0.4) is 0 Å². The molecule has 2 aromatic heterocycles. The molecule has 4 rings (SSSR count). The molecule has 0 radical (unpaired) electrons. The highest BCUT2D eigenvalue weighted by Crippen LogP contribution is 2.35. The van der Waals surface area contributed by atoms with Crippen LogP contribution in [-0.2, 0) is 16.1 Å². The van der Waals surface area contributed by atoms with Gasteiger partial charge in [0.2, 0.25) is 5.91 Å². The molecule has 2 aliphatic rings. The van der Waals surface area contributed by atoms with Gasteiger partial charge in [-0.05, 0) is 36.4 Å². The normalized spacial score (nSPS) is 22.6. The fourth-order valence-corrected chi connectivity index (χ4v) is 4.75. The molecule has 3 heterocycles. The van der Waals surface area contributed by atoms with E-state index < -0.39 is 6.04 Å². The molecule has 0 unspecified atom stereocenters. The second-order valence-electron chi connectivity index (χ2n) is 6.78. The third-order valence-electron chi connectivity index (χ3n) is 5.19. The summed E-state index contributed by atoms with van der Waals surface area (Å²) in [4.78, 5) is 30.7. The van der Waals surface area contributed by atoms with Gasteiger partial charge in [-0.25, -0.2) is 0 Å². The van der Waals surface area contributed by atoms with E-state index in [1.54, 1.807) is 17.2 Å². The zero-order chi connectivity index (χ0) is 17.2. The van der Waals surface area contributed by atoms with E-state index in [0.29, 0.717) is 12.3 Å². The topological polar surface area (TPSA) is 53.8 Å². The molecule has 0 N–H and O–H groups in total. The van der Waals surface area contributed by atoms with Gasteiger partial charge in [0.25, 0.3) is 5.91 Å². The van der Waals surface area contributed by atoms with Crippen LogP contribution >= 0.6 is 11.3 Å². The van der Waals surface area contributed by atoms with Gasteiger partial charge in [-0.2, -0.15) is 0 Å². The third-order valence-corrected chi connectivity index (χ3v) is 6.11. The Morgan fingerprint density at radius 3 is 2.64 bits per heavy atom. The Hall–Kier alpha value is -2.08. The van der Waals surface area contributed by atoms with E-state index in [9.17, 15) is 9.59 Å². The number of hydrogen-bond acceptors (Lipinski definition) is 4. The Labute approximate surface area is 151 Å². The van der Waals surface area contributed by atoms with Gasteiger partial charge in [0.15, 0.2) is 0 Å². The Bertz CT molecular complexity index is 720. The van der Waals surface area contributed by atoms with Crippen molar-refractivity contribution in [3.05, 3.63) is 46.5 Å². The standard InChI is InChI=1S/C19H22N2O3S/c22-17-13-20(14-6-2-1-3-7-14)19(23)18(16-9-5-11-25-16)21(17)12-15-8-4-10-24-15/h4-5,8-11,14,18H,1-3,6-7,12-13H2/t18-/m1/s1. The predicted octanol–water partition coefficient (Wildman–Crippen LogP) is 3.59.